The van der Waals surface area contributed by atoms with Gasteiger partial charge >= 0.3 is 0 Å². The first kappa shape index (κ1) is 18.5. The van der Waals surface area contributed by atoms with Crippen LogP contribution in [0.3, 0.4) is 0 Å². The van der Waals surface area contributed by atoms with Crippen LogP contribution in [0.4, 0.5) is 0 Å². The minimum atomic E-state index is -0.140. The molecule has 0 bridgehead atoms. The zero-order valence-corrected chi connectivity index (χ0v) is 13.4. The number of ether oxygens (including phenoxy) is 2. The number of benzene rings is 1. The number of nitrogens with one attached hydrogen (secondary N) is 2. The Labute approximate surface area is 126 Å². The Hall–Kier alpha value is -1.46. The van der Waals surface area contributed by atoms with Gasteiger partial charge in [-0.2, -0.15) is 0 Å². The monoisotopic (exact) mass is 302 g/mol. The lowest BCUT2D eigenvalue weighted by Gasteiger charge is -2.14. The second kappa shape index (κ2) is 8.66. The lowest BCUT2D eigenvalue weighted by molar-refractivity contribution is 0.0950. The molecule has 1 unspecified atom stereocenters. The fourth-order valence-corrected chi connectivity index (χ4v) is 1.67. The third-order valence-electron chi connectivity index (χ3n) is 3.08. The molecule has 1 rings (SSSR count). The number of carbonyl (C=O) groups is 1. The van der Waals surface area contributed by atoms with Crippen molar-refractivity contribution in [2.45, 2.75) is 19.9 Å². The number of amides is 1. The molecule has 0 aliphatic heterocycles. The van der Waals surface area contributed by atoms with Crippen LogP contribution in [0.15, 0.2) is 12.1 Å². The lowest BCUT2D eigenvalue weighted by Crippen LogP contribution is -2.37. The number of hydrogen-bond donors (Lipinski definition) is 2. The molecular formula is C14H23ClN2O3. The van der Waals surface area contributed by atoms with E-state index < -0.39 is 0 Å². The topological polar surface area (TPSA) is 59.6 Å². The van der Waals surface area contributed by atoms with Crippen molar-refractivity contribution in [1.82, 2.24) is 10.6 Å². The summed E-state index contributed by atoms with van der Waals surface area (Å²) in [6.45, 7) is 4.45. The van der Waals surface area contributed by atoms with E-state index in [1.165, 1.54) is 0 Å². The lowest BCUT2D eigenvalue weighted by atomic mass is 10.1. The van der Waals surface area contributed by atoms with Gasteiger partial charge < -0.3 is 20.1 Å². The Morgan fingerprint density at radius 3 is 2.15 bits per heavy atom. The molecule has 0 saturated heterocycles. The van der Waals surface area contributed by atoms with Gasteiger partial charge in [0.2, 0.25) is 0 Å². The quantitative estimate of drug-likeness (QED) is 0.841. The SMILES string of the molecule is CNC(C)CNC(=O)c1cc(OC)c(C)c(OC)c1.Cl. The summed E-state index contributed by atoms with van der Waals surface area (Å²) in [6, 6.07) is 3.66. The number of hydrogen-bond acceptors (Lipinski definition) is 4. The normalized spacial score (nSPS) is 11.2. The van der Waals surface area contributed by atoms with Gasteiger partial charge in [0.15, 0.2) is 0 Å². The molecule has 0 saturated carbocycles. The number of likely N-dealkylation sites (N-methyl/N-ethyl adjacent to an activating group) is 1. The molecule has 0 heterocycles. The van der Waals surface area contributed by atoms with Crippen molar-refractivity contribution >= 4 is 18.3 Å². The molecule has 1 aromatic rings. The van der Waals surface area contributed by atoms with Gasteiger partial charge in [0.05, 0.1) is 14.2 Å². The predicted molar refractivity (Wildman–Crippen MR) is 82.4 cm³/mol. The summed E-state index contributed by atoms with van der Waals surface area (Å²) >= 11 is 0. The van der Waals surface area contributed by atoms with E-state index in [9.17, 15) is 4.79 Å². The highest BCUT2D eigenvalue weighted by Crippen LogP contribution is 2.29. The van der Waals surface area contributed by atoms with Crippen molar-refractivity contribution in [3.05, 3.63) is 23.3 Å². The molecule has 20 heavy (non-hydrogen) atoms. The van der Waals surface area contributed by atoms with Gasteiger partial charge in [-0.1, -0.05) is 0 Å². The van der Waals surface area contributed by atoms with Gasteiger partial charge in [-0.25, -0.2) is 0 Å². The van der Waals surface area contributed by atoms with E-state index in [0.717, 1.165) is 5.56 Å². The van der Waals surface area contributed by atoms with E-state index in [0.29, 0.717) is 23.6 Å². The third kappa shape index (κ3) is 4.58. The van der Waals surface area contributed by atoms with Crippen LogP contribution in [0, 0.1) is 6.92 Å². The van der Waals surface area contributed by atoms with E-state index in [2.05, 4.69) is 10.6 Å². The van der Waals surface area contributed by atoms with Crippen LogP contribution in [-0.4, -0.2) is 39.8 Å². The Morgan fingerprint density at radius 1 is 1.25 bits per heavy atom. The first-order chi connectivity index (χ1) is 9.03. The standard InChI is InChI=1S/C14H22N2O3.ClH/c1-9(15-3)8-16-14(17)11-6-12(18-4)10(2)13(7-11)19-5;/h6-7,9,15H,8H2,1-5H3,(H,16,17);1H. The maximum Gasteiger partial charge on any atom is 0.251 e. The van der Waals surface area contributed by atoms with E-state index in [-0.39, 0.29) is 24.4 Å². The van der Waals surface area contributed by atoms with Crippen LogP contribution in [0.1, 0.15) is 22.8 Å². The second-order valence-electron chi connectivity index (χ2n) is 4.41. The molecule has 6 heteroatoms. The summed E-state index contributed by atoms with van der Waals surface area (Å²) in [4.78, 5) is 12.1. The zero-order valence-electron chi connectivity index (χ0n) is 12.6. The van der Waals surface area contributed by atoms with Crippen LogP contribution in [0.25, 0.3) is 0 Å². The Morgan fingerprint density at radius 2 is 1.75 bits per heavy atom. The van der Waals surface area contributed by atoms with Gasteiger partial charge in [-0.15, -0.1) is 12.4 Å². The van der Waals surface area contributed by atoms with Crippen molar-refractivity contribution in [2.75, 3.05) is 27.8 Å². The molecule has 0 aliphatic rings. The summed E-state index contributed by atoms with van der Waals surface area (Å²) in [5.74, 6) is 1.15. The molecule has 114 valence electrons. The smallest absolute Gasteiger partial charge is 0.251 e. The average molecular weight is 303 g/mol. The van der Waals surface area contributed by atoms with Crippen LogP contribution in [0.2, 0.25) is 0 Å². The zero-order chi connectivity index (χ0) is 14.4. The van der Waals surface area contributed by atoms with E-state index >= 15 is 0 Å². The van der Waals surface area contributed by atoms with Gasteiger partial charge in [-0.05, 0) is 33.0 Å². The van der Waals surface area contributed by atoms with E-state index in [1.54, 1.807) is 26.4 Å². The van der Waals surface area contributed by atoms with Crippen molar-refractivity contribution in [1.29, 1.82) is 0 Å². The van der Waals surface area contributed by atoms with E-state index in [4.69, 9.17) is 9.47 Å². The van der Waals surface area contributed by atoms with Crippen LogP contribution >= 0.6 is 12.4 Å². The highest BCUT2D eigenvalue weighted by atomic mass is 35.5. The maximum atomic E-state index is 12.1. The molecule has 0 aromatic heterocycles. The van der Waals surface area contributed by atoms with Gasteiger partial charge in [0, 0.05) is 23.7 Å². The molecule has 0 fully saturated rings. The highest BCUT2D eigenvalue weighted by Gasteiger charge is 2.13. The van der Waals surface area contributed by atoms with Crippen molar-refractivity contribution in [3.63, 3.8) is 0 Å². The molecule has 2 N–H and O–H groups in total. The van der Waals surface area contributed by atoms with Crippen molar-refractivity contribution in [2.24, 2.45) is 0 Å². The van der Waals surface area contributed by atoms with Gasteiger partial charge in [0.1, 0.15) is 11.5 Å². The Kier molecular flexibility index (Phi) is 8.03. The molecular weight excluding hydrogens is 280 g/mol. The fraction of sp³-hybridized carbons (Fsp3) is 0.500. The minimum absolute atomic E-state index is 0. The van der Waals surface area contributed by atoms with Gasteiger partial charge in [0.25, 0.3) is 5.91 Å². The number of methoxy groups -OCH3 is 2. The summed E-state index contributed by atoms with van der Waals surface area (Å²) < 4.78 is 10.5. The summed E-state index contributed by atoms with van der Waals surface area (Å²) in [5.41, 5.74) is 1.41. The van der Waals surface area contributed by atoms with Crippen molar-refractivity contribution in [3.8, 4) is 11.5 Å². The van der Waals surface area contributed by atoms with Crippen LogP contribution in [0.5, 0.6) is 11.5 Å². The predicted octanol–water partition coefficient (Wildman–Crippen LogP) is 1.77. The first-order valence-electron chi connectivity index (χ1n) is 6.21. The number of rotatable bonds is 6. The number of halogens is 1. The summed E-state index contributed by atoms with van der Waals surface area (Å²) in [5, 5.41) is 5.92. The second-order valence-corrected chi connectivity index (χ2v) is 4.41. The molecule has 1 amide bonds. The maximum absolute atomic E-state index is 12.1. The molecule has 0 radical (unpaired) electrons. The van der Waals surface area contributed by atoms with E-state index in [1.807, 2.05) is 20.9 Å². The third-order valence-corrected chi connectivity index (χ3v) is 3.08. The summed E-state index contributed by atoms with van der Waals surface area (Å²) in [7, 11) is 5.01. The van der Waals surface area contributed by atoms with Crippen LogP contribution in [-0.2, 0) is 0 Å². The molecule has 0 aliphatic carbocycles. The molecule has 5 nitrogen and oxygen atoms in total. The van der Waals surface area contributed by atoms with Crippen LogP contribution < -0.4 is 20.1 Å². The minimum Gasteiger partial charge on any atom is -0.496 e. The molecule has 1 aromatic carbocycles. The Balaban J connectivity index is 0.00000361. The summed E-state index contributed by atoms with van der Waals surface area (Å²) in [6.07, 6.45) is 0. The molecule has 1 atom stereocenters. The highest BCUT2D eigenvalue weighted by molar-refractivity contribution is 5.95. The van der Waals surface area contributed by atoms with Gasteiger partial charge in [-0.3, -0.25) is 4.79 Å². The first-order valence-corrected chi connectivity index (χ1v) is 6.21. The Bertz CT molecular complexity index is 427. The largest absolute Gasteiger partial charge is 0.496 e. The van der Waals surface area contributed by atoms with Crippen molar-refractivity contribution < 1.29 is 14.3 Å². The fourth-order valence-electron chi connectivity index (χ4n) is 1.67. The number of carbonyl (C=O) groups excluding carboxylic acids is 1. The average Bonchev–Trinajstić information content (AvgIpc) is 2.44. The molecule has 0 spiro atoms.